The van der Waals surface area contributed by atoms with Crippen LogP contribution in [0.2, 0.25) is 0 Å². The van der Waals surface area contributed by atoms with Crippen molar-refractivity contribution in [1.82, 2.24) is 4.90 Å². The predicted molar refractivity (Wildman–Crippen MR) is 82.5 cm³/mol. The summed E-state index contributed by atoms with van der Waals surface area (Å²) in [6.45, 7) is 1.05. The van der Waals surface area contributed by atoms with Crippen molar-refractivity contribution in [3.05, 3.63) is 35.4 Å². The van der Waals surface area contributed by atoms with E-state index in [1.807, 2.05) is 12.1 Å². The van der Waals surface area contributed by atoms with Gasteiger partial charge in [0.1, 0.15) is 12.2 Å². The molecule has 1 aromatic carbocycles. The zero-order valence-electron chi connectivity index (χ0n) is 13.0. The van der Waals surface area contributed by atoms with Crippen LogP contribution in [0.1, 0.15) is 17.5 Å². The van der Waals surface area contributed by atoms with Gasteiger partial charge in [0.2, 0.25) is 0 Å². The third-order valence-electron chi connectivity index (χ3n) is 6.35. The van der Waals surface area contributed by atoms with E-state index in [4.69, 9.17) is 9.47 Å². The first-order valence-electron chi connectivity index (χ1n) is 8.10. The van der Waals surface area contributed by atoms with Crippen molar-refractivity contribution in [3.63, 3.8) is 0 Å². The maximum atomic E-state index is 10.6. The van der Waals surface area contributed by atoms with Crippen molar-refractivity contribution in [2.45, 2.75) is 36.5 Å². The topological polar surface area (TPSA) is 41.9 Å². The zero-order valence-corrected chi connectivity index (χ0v) is 13.0. The fourth-order valence-electron chi connectivity index (χ4n) is 5.39. The van der Waals surface area contributed by atoms with Crippen LogP contribution in [0.15, 0.2) is 24.3 Å². The van der Waals surface area contributed by atoms with Crippen molar-refractivity contribution >= 4 is 0 Å². The molecular weight excluding hydrogens is 278 g/mol. The number of ether oxygens (including phenoxy) is 2. The molecule has 1 fully saturated rings. The van der Waals surface area contributed by atoms with Gasteiger partial charge in [0.05, 0.1) is 7.11 Å². The average Bonchev–Trinajstić information content (AvgIpc) is 2.88. The highest BCUT2D eigenvalue weighted by atomic mass is 16.5. The molecule has 1 saturated heterocycles. The van der Waals surface area contributed by atoms with Gasteiger partial charge >= 0.3 is 0 Å². The van der Waals surface area contributed by atoms with E-state index in [1.54, 1.807) is 7.11 Å². The molecular formula is C18H21NO3. The molecule has 0 radical (unpaired) electrons. The molecule has 5 rings (SSSR count). The summed E-state index contributed by atoms with van der Waals surface area (Å²) >= 11 is 0. The molecule has 4 aliphatic rings. The van der Waals surface area contributed by atoms with Gasteiger partial charge in [-0.15, -0.1) is 0 Å². The lowest BCUT2D eigenvalue weighted by molar-refractivity contribution is -0.0453. The van der Waals surface area contributed by atoms with Gasteiger partial charge in [-0.3, -0.25) is 0 Å². The molecule has 1 aromatic rings. The summed E-state index contributed by atoms with van der Waals surface area (Å²) in [5.74, 6) is 2.09. The summed E-state index contributed by atoms with van der Waals surface area (Å²) in [6, 6.07) is 4.70. The number of likely N-dealkylation sites (tertiary alicyclic amines) is 1. The van der Waals surface area contributed by atoms with Crippen molar-refractivity contribution in [1.29, 1.82) is 0 Å². The van der Waals surface area contributed by atoms with Gasteiger partial charge in [0.25, 0.3) is 0 Å². The number of rotatable bonds is 1. The maximum Gasteiger partial charge on any atom is 0.165 e. The molecule has 0 amide bonds. The molecule has 2 heterocycles. The van der Waals surface area contributed by atoms with Gasteiger partial charge in [-0.05, 0) is 38.1 Å². The van der Waals surface area contributed by atoms with Crippen molar-refractivity contribution in [2.75, 3.05) is 20.7 Å². The minimum Gasteiger partial charge on any atom is -0.493 e. The van der Waals surface area contributed by atoms with Gasteiger partial charge < -0.3 is 19.5 Å². The third-order valence-corrected chi connectivity index (χ3v) is 6.35. The maximum absolute atomic E-state index is 10.6. The Morgan fingerprint density at radius 3 is 3.05 bits per heavy atom. The predicted octanol–water partition coefficient (Wildman–Crippen LogP) is 1.50. The molecule has 2 aliphatic heterocycles. The van der Waals surface area contributed by atoms with E-state index in [9.17, 15) is 5.11 Å². The van der Waals surface area contributed by atoms with Crippen molar-refractivity contribution in [3.8, 4) is 11.5 Å². The Morgan fingerprint density at radius 2 is 2.23 bits per heavy atom. The molecule has 116 valence electrons. The third kappa shape index (κ3) is 1.28. The number of aliphatic hydroxyl groups is 1. The zero-order chi connectivity index (χ0) is 15.1. The van der Waals surface area contributed by atoms with Gasteiger partial charge in [0, 0.05) is 22.9 Å². The average molecular weight is 299 g/mol. The Bertz CT molecular complexity index is 685. The molecule has 5 atom stereocenters. The summed E-state index contributed by atoms with van der Waals surface area (Å²) in [6.07, 6.45) is 5.54. The summed E-state index contributed by atoms with van der Waals surface area (Å²) in [5, 5.41) is 10.6. The number of hydrogen-bond donors (Lipinski definition) is 1. The van der Waals surface area contributed by atoms with Crippen molar-refractivity contribution in [2.24, 2.45) is 5.92 Å². The number of methoxy groups -OCH3 is 1. The Balaban J connectivity index is 1.82. The van der Waals surface area contributed by atoms with Crippen LogP contribution in [0.25, 0.3) is 0 Å². The van der Waals surface area contributed by atoms with Crippen LogP contribution in [0, 0.1) is 5.92 Å². The Labute approximate surface area is 130 Å². The van der Waals surface area contributed by atoms with Gasteiger partial charge in [-0.2, -0.15) is 0 Å². The summed E-state index contributed by atoms with van der Waals surface area (Å²) < 4.78 is 11.8. The normalized spacial score (nSPS) is 41.0. The van der Waals surface area contributed by atoms with Gasteiger partial charge in [-0.25, -0.2) is 0 Å². The first kappa shape index (κ1) is 13.0. The largest absolute Gasteiger partial charge is 0.493 e. The fourth-order valence-corrected chi connectivity index (χ4v) is 5.39. The van der Waals surface area contributed by atoms with Crippen LogP contribution in [0.4, 0.5) is 0 Å². The molecule has 2 aliphatic carbocycles. The van der Waals surface area contributed by atoms with Gasteiger partial charge in [0.15, 0.2) is 11.5 Å². The summed E-state index contributed by atoms with van der Waals surface area (Å²) in [7, 11) is 3.91. The summed E-state index contributed by atoms with van der Waals surface area (Å²) in [4.78, 5) is 2.47. The van der Waals surface area contributed by atoms with Crippen LogP contribution in [0.5, 0.6) is 11.5 Å². The van der Waals surface area contributed by atoms with Crippen LogP contribution in [0.3, 0.4) is 0 Å². The monoisotopic (exact) mass is 299 g/mol. The molecule has 1 N–H and O–H groups in total. The first-order chi connectivity index (χ1) is 10.7. The van der Waals surface area contributed by atoms with Crippen LogP contribution < -0.4 is 9.47 Å². The second kappa shape index (κ2) is 4.06. The number of aliphatic hydroxyl groups excluding tert-OH is 1. The van der Waals surface area contributed by atoms with E-state index >= 15 is 0 Å². The molecule has 4 heteroatoms. The minimum absolute atomic E-state index is 0.0806. The highest BCUT2D eigenvalue weighted by Gasteiger charge is 2.64. The first-order valence-corrected chi connectivity index (χ1v) is 8.10. The fraction of sp³-hybridized carbons (Fsp3) is 0.556. The SMILES string of the molecule is COc1ccc2c3c1O[C@H]1[C@@H](O)C=CC4[C@H](C2)N(C)CCC341. The highest BCUT2D eigenvalue weighted by molar-refractivity contribution is 5.62. The Morgan fingerprint density at radius 1 is 1.36 bits per heavy atom. The summed E-state index contributed by atoms with van der Waals surface area (Å²) in [5.41, 5.74) is 2.60. The van der Waals surface area contributed by atoms with E-state index in [2.05, 4.69) is 24.1 Å². The molecule has 2 unspecified atom stereocenters. The number of nitrogens with zero attached hydrogens (tertiary/aromatic N) is 1. The lowest BCUT2D eigenvalue weighted by atomic mass is 9.53. The minimum atomic E-state index is -0.539. The van der Waals surface area contributed by atoms with E-state index in [0.29, 0.717) is 12.0 Å². The van der Waals surface area contributed by atoms with E-state index < -0.39 is 6.10 Å². The molecule has 22 heavy (non-hydrogen) atoms. The number of piperidine rings is 1. The molecule has 1 spiro atoms. The standard InChI is InChI=1S/C18H21NO3/c1-19-8-7-18-11-4-5-13(20)17(18)22-16-14(21-2)6-3-10(15(16)18)9-12(11)19/h3-6,11-13,17,20H,7-9H2,1-2H3/t11?,12-,13-,17-,18?/m0/s1. The van der Waals surface area contributed by atoms with Crippen LogP contribution in [-0.2, 0) is 11.8 Å². The lowest BCUT2D eigenvalue weighted by Crippen LogP contribution is -2.64. The highest BCUT2D eigenvalue weighted by Crippen LogP contribution is 2.62. The molecule has 4 nitrogen and oxygen atoms in total. The van der Waals surface area contributed by atoms with Gasteiger partial charge in [-0.1, -0.05) is 18.2 Å². The van der Waals surface area contributed by atoms with Crippen LogP contribution in [-0.4, -0.2) is 49.0 Å². The van der Waals surface area contributed by atoms with Crippen molar-refractivity contribution < 1.29 is 14.6 Å². The van der Waals surface area contributed by atoms with E-state index in [1.165, 1.54) is 11.1 Å². The number of benzene rings is 1. The molecule has 2 bridgehead atoms. The quantitative estimate of drug-likeness (QED) is 0.798. The Kier molecular flexibility index (Phi) is 2.39. The van der Waals surface area contributed by atoms with Crippen LogP contribution >= 0.6 is 0 Å². The molecule has 0 saturated carbocycles. The molecule has 0 aromatic heterocycles. The lowest BCUT2D eigenvalue weighted by Gasteiger charge is -2.56. The smallest absolute Gasteiger partial charge is 0.165 e. The number of hydrogen-bond acceptors (Lipinski definition) is 4. The van der Waals surface area contributed by atoms with E-state index in [-0.39, 0.29) is 11.5 Å². The van der Waals surface area contributed by atoms with E-state index in [0.717, 1.165) is 30.9 Å². The Hall–Kier alpha value is -1.52. The number of likely N-dealkylation sites (N-methyl/N-ethyl adjacent to an activating group) is 1. The second-order valence-electron chi connectivity index (χ2n) is 7.11. The second-order valence-corrected chi connectivity index (χ2v) is 7.11.